The van der Waals surface area contributed by atoms with E-state index in [1.165, 1.54) is 20.3 Å². The van der Waals surface area contributed by atoms with E-state index in [0.29, 0.717) is 49.7 Å². The van der Waals surface area contributed by atoms with Gasteiger partial charge in [-0.25, -0.2) is 4.68 Å². The van der Waals surface area contributed by atoms with Crippen molar-refractivity contribution in [2.24, 2.45) is 0 Å². The second kappa shape index (κ2) is 11.4. The summed E-state index contributed by atoms with van der Waals surface area (Å²) in [7, 11) is 2.93. The standard InChI is InChI=1S/C28H27Cl2F3N6O3/c1-14-26(15(2)38(36-14)13-17-18(29)6-5-7-19(17)30)35-27(40)21-12-25-34-20(11-24(28(31,32)33)39(25)37-21)16-8-9-22(41-3)23(10-16)42-4/h5-10,12,20,24,34H,11,13H2,1-4H3,(H,35,40)/t20-,24-/m1/s1. The van der Waals surface area contributed by atoms with Crippen LogP contribution in [-0.4, -0.2) is 45.9 Å². The Labute approximate surface area is 249 Å². The fourth-order valence-electron chi connectivity index (χ4n) is 5.02. The monoisotopic (exact) mass is 622 g/mol. The molecule has 2 aromatic carbocycles. The lowest BCUT2D eigenvalue weighted by Gasteiger charge is -2.33. The first-order chi connectivity index (χ1) is 19.9. The lowest BCUT2D eigenvalue weighted by atomic mass is 9.96. The Kier molecular flexibility index (Phi) is 8.04. The molecule has 9 nitrogen and oxygen atoms in total. The Morgan fingerprint density at radius 2 is 1.76 bits per heavy atom. The van der Waals surface area contributed by atoms with Gasteiger partial charge in [0.2, 0.25) is 0 Å². The van der Waals surface area contributed by atoms with E-state index < -0.39 is 24.2 Å². The molecule has 0 saturated heterocycles. The van der Waals surface area contributed by atoms with Crippen LogP contribution in [0.25, 0.3) is 0 Å². The van der Waals surface area contributed by atoms with Gasteiger partial charge < -0.3 is 20.1 Å². The van der Waals surface area contributed by atoms with Gasteiger partial charge >= 0.3 is 6.18 Å². The highest BCUT2D eigenvalue weighted by Crippen LogP contribution is 2.44. The average molecular weight is 623 g/mol. The highest BCUT2D eigenvalue weighted by molar-refractivity contribution is 6.36. The van der Waals surface area contributed by atoms with Crippen molar-refractivity contribution in [2.45, 2.75) is 45.1 Å². The van der Waals surface area contributed by atoms with E-state index in [4.69, 9.17) is 32.7 Å². The summed E-state index contributed by atoms with van der Waals surface area (Å²) in [6.07, 6.45) is -4.95. The normalized spacial score (nSPS) is 16.5. The Hall–Kier alpha value is -3.90. The highest BCUT2D eigenvalue weighted by atomic mass is 35.5. The Bertz CT molecular complexity index is 1630. The van der Waals surface area contributed by atoms with Crippen molar-refractivity contribution in [3.63, 3.8) is 0 Å². The molecular weight excluding hydrogens is 596 g/mol. The molecule has 1 aliphatic rings. The maximum absolute atomic E-state index is 14.2. The molecule has 2 N–H and O–H groups in total. The van der Waals surface area contributed by atoms with Crippen molar-refractivity contribution in [1.29, 1.82) is 0 Å². The Morgan fingerprint density at radius 3 is 2.40 bits per heavy atom. The number of nitrogens with zero attached hydrogens (tertiary/aromatic N) is 4. The van der Waals surface area contributed by atoms with Gasteiger partial charge in [0.05, 0.1) is 43.9 Å². The molecule has 0 radical (unpaired) electrons. The number of fused-ring (bicyclic) bond motifs is 1. The number of carbonyl (C=O) groups is 1. The lowest BCUT2D eigenvalue weighted by Crippen LogP contribution is -2.35. The minimum atomic E-state index is -4.61. The van der Waals surface area contributed by atoms with Gasteiger partial charge in [-0.15, -0.1) is 0 Å². The summed E-state index contributed by atoms with van der Waals surface area (Å²) in [6.45, 7) is 3.72. The van der Waals surface area contributed by atoms with Crippen molar-refractivity contribution < 1.29 is 27.4 Å². The first-order valence-electron chi connectivity index (χ1n) is 12.8. The van der Waals surface area contributed by atoms with E-state index in [-0.39, 0.29) is 24.5 Å². The fourth-order valence-corrected chi connectivity index (χ4v) is 5.53. The van der Waals surface area contributed by atoms with Gasteiger partial charge in [0.1, 0.15) is 5.82 Å². The number of hydrogen-bond acceptors (Lipinski definition) is 6. The SMILES string of the molecule is COc1ccc([C@H]2C[C@H](C(F)(F)F)n3nc(C(=O)Nc4c(C)nn(Cc5c(Cl)cccc5Cl)c4C)cc3N2)cc1OC. The Balaban J connectivity index is 1.42. The molecule has 5 rings (SSSR count). The number of anilines is 2. The number of halogens is 5. The van der Waals surface area contributed by atoms with Crippen LogP contribution < -0.4 is 20.1 Å². The van der Waals surface area contributed by atoms with Gasteiger partial charge in [-0.2, -0.15) is 23.4 Å². The predicted octanol–water partition coefficient (Wildman–Crippen LogP) is 6.98. The molecular formula is C28H27Cl2F3N6O3. The average Bonchev–Trinajstić information content (AvgIpc) is 3.50. The molecule has 0 bridgehead atoms. The lowest BCUT2D eigenvalue weighted by molar-refractivity contribution is -0.173. The van der Waals surface area contributed by atoms with Crippen molar-refractivity contribution in [1.82, 2.24) is 19.6 Å². The van der Waals surface area contributed by atoms with Crippen molar-refractivity contribution in [2.75, 3.05) is 24.9 Å². The second-order valence-electron chi connectivity index (χ2n) is 9.82. The summed E-state index contributed by atoms with van der Waals surface area (Å²) in [5.74, 6) is 0.231. The zero-order valence-corrected chi connectivity index (χ0v) is 24.5. The summed E-state index contributed by atoms with van der Waals surface area (Å²) < 4.78 is 55.7. The zero-order chi connectivity index (χ0) is 30.3. The molecule has 1 amide bonds. The summed E-state index contributed by atoms with van der Waals surface area (Å²) in [5.41, 5.74) is 2.59. The van der Waals surface area contributed by atoms with Crippen LogP contribution >= 0.6 is 23.2 Å². The molecule has 3 heterocycles. The predicted molar refractivity (Wildman–Crippen MR) is 153 cm³/mol. The quantitative estimate of drug-likeness (QED) is 0.231. The van der Waals surface area contributed by atoms with Crippen molar-refractivity contribution in [3.8, 4) is 11.5 Å². The molecule has 42 heavy (non-hydrogen) atoms. The molecule has 0 spiro atoms. The third kappa shape index (κ3) is 5.60. The van der Waals surface area contributed by atoms with Crippen LogP contribution in [0, 0.1) is 13.8 Å². The summed E-state index contributed by atoms with van der Waals surface area (Å²) in [6, 6.07) is 8.72. The number of ether oxygens (including phenoxy) is 2. The van der Waals surface area contributed by atoms with Gasteiger partial charge in [-0.3, -0.25) is 9.48 Å². The van der Waals surface area contributed by atoms with E-state index >= 15 is 0 Å². The van der Waals surface area contributed by atoms with Crippen LogP contribution in [0.3, 0.4) is 0 Å². The molecule has 0 aliphatic carbocycles. The van der Waals surface area contributed by atoms with Crippen LogP contribution in [0.5, 0.6) is 11.5 Å². The fraction of sp³-hybridized carbons (Fsp3) is 0.321. The molecule has 0 saturated carbocycles. The molecule has 4 aromatic rings. The third-order valence-electron chi connectivity index (χ3n) is 7.22. The molecule has 2 atom stereocenters. The number of methoxy groups -OCH3 is 2. The first-order valence-corrected chi connectivity index (χ1v) is 13.6. The van der Waals surface area contributed by atoms with Crippen molar-refractivity contribution in [3.05, 3.63) is 80.7 Å². The number of rotatable bonds is 7. The molecule has 222 valence electrons. The largest absolute Gasteiger partial charge is 0.493 e. The number of nitrogens with one attached hydrogen (secondary N) is 2. The molecule has 2 aromatic heterocycles. The Morgan fingerprint density at radius 1 is 1.07 bits per heavy atom. The molecule has 0 unspecified atom stereocenters. The highest BCUT2D eigenvalue weighted by Gasteiger charge is 2.47. The van der Waals surface area contributed by atoms with Crippen LogP contribution in [0.2, 0.25) is 10.0 Å². The molecule has 0 fully saturated rings. The van der Waals surface area contributed by atoms with Gasteiger partial charge in [0, 0.05) is 28.1 Å². The number of amides is 1. The van der Waals surface area contributed by atoms with Crippen LogP contribution in [0.1, 0.15) is 51.5 Å². The molecule has 14 heteroatoms. The topological polar surface area (TPSA) is 95.2 Å². The second-order valence-corrected chi connectivity index (χ2v) is 10.6. The van der Waals surface area contributed by atoms with Gasteiger partial charge in [-0.05, 0) is 43.7 Å². The number of benzene rings is 2. The number of alkyl halides is 3. The minimum absolute atomic E-state index is 0.0611. The first kappa shape index (κ1) is 29.6. The summed E-state index contributed by atoms with van der Waals surface area (Å²) in [5, 5.41) is 15.3. The maximum atomic E-state index is 14.2. The van der Waals surface area contributed by atoms with Gasteiger partial charge in [0.15, 0.2) is 23.2 Å². The maximum Gasteiger partial charge on any atom is 0.410 e. The van der Waals surface area contributed by atoms with E-state index in [1.54, 1.807) is 54.9 Å². The summed E-state index contributed by atoms with van der Waals surface area (Å²) >= 11 is 12.6. The van der Waals surface area contributed by atoms with Crippen LogP contribution in [0.15, 0.2) is 42.5 Å². The van der Waals surface area contributed by atoms with Gasteiger partial charge in [0.25, 0.3) is 5.91 Å². The van der Waals surface area contributed by atoms with E-state index in [2.05, 4.69) is 20.8 Å². The number of carbonyl (C=O) groups excluding carboxylic acids is 1. The van der Waals surface area contributed by atoms with E-state index in [0.717, 1.165) is 4.68 Å². The van der Waals surface area contributed by atoms with Gasteiger partial charge in [-0.1, -0.05) is 35.3 Å². The zero-order valence-electron chi connectivity index (χ0n) is 23.0. The van der Waals surface area contributed by atoms with Crippen LogP contribution in [0.4, 0.5) is 24.7 Å². The number of hydrogen-bond donors (Lipinski definition) is 2. The smallest absolute Gasteiger partial charge is 0.410 e. The molecule has 1 aliphatic heterocycles. The number of aryl methyl sites for hydroxylation is 1. The number of aromatic nitrogens is 4. The summed E-state index contributed by atoms with van der Waals surface area (Å²) in [4.78, 5) is 13.3. The third-order valence-corrected chi connectivity index (χ3v) is 7.93. The van der Waals surface area contributed by atoms with Crippen molar-refractivity contribution >= 4 is 40.6 Å². The van der Waals surface area contributed by atoms with E-state index in [9.17, 15) is 18.0 Å². The minimum Gasteiger partial charge on any atom is -0.493 e. The van der Waals surface area contributed by atoms with Crippen LogP contribution in [-0.2, 0) is 6.54 Å². The van der Waals surface area contributed by atoms with E-state index in [1.807, 2.05) is 0 Å².